The number of hydrogen-bond donors (Lipinski definition) is 3. The minimum Gasteiger partial charge on any atom is -0.397 e. The van der Waals surface area contributed by atoms with E-state index in [9.17, 15) is 13.2 Å². The largest absolute Gasteiger partial charge is 0.430 e. The number of aliphatic imine (C=N–C) groups is 1. The number of allylic oxidation sites excluding steroid dienone is 3. The lowest BCUT2D eigenvalue weighted by Gasteiger charge is -2.08. The van der Waals surface area contributed by atoms with Crippen molar-refractivity contribution in [3.63, 3.8) is 0 Å². The third kappa shape index (κ3) is 5.81. The Bertz CT molecular complexity index is 701. The molecule has 0 fully saturated rings. The topological polar surface area (TPSA) is 103 Å². The summed E-state index contributed by atoms with van der Waals surface area (Å²) in [5.41, 5.74) is 13.7. The first kappa shape index (κ1) is 20.5. The van der Waals surface area contributed by atoms with Gasteiger partial charge >= 0.3 is 6.18 Å². The Kier molecular flexibility index (Phi) is 7.25. The summed E-state index contributed by atoms with van der Waals surface area (Å²) >= 11 is 13.2. The average molecular weight is 400 g/mol. The Hall–Kier alpha value is -1.58. The van der Waals surface area contributed by atoms with Crippen molar-refractivity contribution >= 4 is 46.0 Å². The molecule has 0 unspecified atom stereocenters. The van der Waals surface area contributed by atoms with E-state index in [2.05, 4.69) is 9.98 Å². The molecule has 0 bridgehead atoms. The van der Waals surface area contributed by atoms with E-state index in [0.29, 0.717) is 11.0 Å². The molecule has 1 rings (SSSR count). The third-order valence-electron chi connectivity index (χ3n) is 2.48. The second kappa shape index (κ2) is 8.50. The van der Waals surface area contributed by atoms with Crippen LogP contribution in [0.15, 0.2) is 45.2 Å². The maximum absolute atomic E-state index is 12.4. The van der Waals surface area contributed by atoms with Gasteiger partial charge in [0.2, 0.25) is 0 Å². The molecule has 0 amide bonds. The normalized spacial score (nSPS) is 14.6. The van der Waals surface area contributed by atoms with Gasteiger partial charge < -0.3 is 17.2 Å². The Balaban J connectivity index is 3.25. The lowest BCUT2D eigenvalue weighted by atomic mass is 10.3. The summed E-state index contributed by atoms with van der Waals surface area (Å²) in [6.45, 7) is 1.92. The predicted octanol–water partition coefficient (Wildman–Crippen LogP) is 3.65. The van der Waals surface area contributed by atoms with Gasteiger partial charge in [0.25, 0.3) is 0 Å². The fourth-order valence-corrected chi connectivity index (χ4v) is 2.39. The molecule has 24 heavy (non-hydrogen) atoms. The molecule has 6 N–H and O–H groups in total. The van der Waals surface area contributed by atoms with Crippen LogP contribution in [-0.2, 0) is 0 Å². The molecule has 0 aliphatic carbocycles. The number of pyridine rings is 1. The quantitative estimate of drug-likeness (QED) is 0.303. The van der Waals surface area contributed by atoms with E-state index in [1.807, 2.05) is 6.92 Å². The number of nitrogens with two attached hydrogens (primary N) is 3. The lowest BCUT2D eigenvalue weighted by Crippen LogP contribution is -2.22. The molecule has 0 aliphatic rings. The second-order valence-electron chi connectivity index (χ2n) is 4.26. The maximum atomic E-state index is 12.4. The SMILES string of the molecule is CCSc1ccc(Cl)nc1N=C(Cl)C(N)=C(N)/C=C(\N)C(F)(F)F. The molecule has 0 saturated carbocycles. The number of alkyl halides is 3. The van der Waals surface area contributed by atoms with Crippen LogP contribution in [0.3, 0.4) is 0 Å². The van der Waals surface area contributed by atoms with Crippen LogP contribution in [0.1, 0.15) is 6.92 Å². The van der Waals surface area contributed by atoms with Crippen LogP contribution in [0.2, 0.25) is 5.15 Å². The monoisotopic (exact) mass is 399 g/mol. The van der Waals surface area contributed by atoms with Crippen LogP contribution in [-0.4, -0.2) is 22.1 Å². The van der Waals surface area contributed by atoms with Crippen LogP contribution in [0.25, 0.3) is 0 Å². The molecule has 1 heterocycles. The van der Waals surface area contributed by atoms with Gasteiger partial charge in [0.15, 0.2) is 11.0 Å². The standard InChI is InChI=1S/C13H14Cl2F3N5S/c1-2-24-7-3-4-9(14)22-12(7)23-11(15)10(21)6(19)5-8(20)13(16,17)18/h3-5H,2,19-21H2,1H3/b8-5-,10-6?,23-11?. The Morgan fingerprint density at radius 2 is 1.96 bits per heavy atom. The number of nitrogens with zero attached hydrogens (tertiary/aromatic N) is 2. The Labute approximate surface area is 150 Å². The molecule has 5 nitrogen and oxygen atoms in total. The first-order valence-corrected chi connectivity index (χ1v) is 8.13. The number of hydrogen-bond acceptors (Lipinski definition) is 6. The van der Waals surface area contributed by atoms with Gasteiger partial charge in [0, 0.05) is 0 Å². The molecular formula is C13H14Cl2F3N5S. The van der Waals surface area contributed by atoms with Crippen LogP contribution in [0.4, 0.5) is 19.0 Å². The van der Waals surface area contributed by atoms with Gasteiger partial charge in [0.05, 0.1) is 16.3 Å². The summed E-state index contributed by atoms with van der Waals surface area (Å²) in [6, 6.07) is 3.27. The smallest absolute Gasteiger partial charge is 0.397 e. The average Bonchev–Trinajstić information content (AvgIpc) is 2.48. The highest BCUT2D eigenvalue weighted by atomic mass is 35.5. The van der Waals surface area contributed by atoms with Crippen molar-refractivity contribution in [1.29, 1.82) is 0 Å². The number of halogens is 5. The fourth-order valence-electron chi connectivity index (χ4n) is 1.36. The second-order valence-corrected chi connectivity index (χ2v) is 6.31. The molecule has 0 saturated heterocycles. The molecule has 11 heteroatoms. The minimum atomic E-state index is -4.73. The van der Waals surface area contributed by atoms with Crippen LogP contribution < -0.4 is 17.2 Å². The van der Waals surface area contributed by atoms with Crippen LogP contribution in [0.5, 0.6) is 0 Å². The summed E-state index contributed by atoms with van der Waals surface area (Å²) in [5.74, 6) is 0.921. The van der Waals surface area contributed by atoms with E-state index in [1.165, 1.54) is 11.8 Å². The third-order valence-corrected chi connectivity index (χ3v) is 3.90. The van der Waals surface area contributed by atoms with Gasteiger partial charge in [-0.2, -0.15) is 13.2 Å². The molecule has 0 aliphatic heterocycles. The predicted molar refractivity (Wildman–Crippen MR) is 92.3 cm³/mol. The van der Waals surface area contributed by atoms with Gasteiger partial charge in [0.1, 0.15) is 10.9 Å². The lowest BCUT2D eigenvalue weighted by molar-refractivity contribution is -0.0927. The van der Waals surface area contributed by atoms with E-state index in [4.69, 9.17) is 40.4 Å². The zero-order valence-corrected chi connectivity index (χ0v) is 14.7. The first-order chi connectivity index (χ1) is 11.1. The minimum absolute atomic E-state index is 0.176. The van der Waals surface area contributed by atoms with Gasteiger partial charge in [-0.1, -0.05) is 30.1 Å². The summed E-state index contributed by atoms with van der Waals surface area (Å²) in [6.07, 6.45) is -4.26. The van der Waals surface area contributed by atoms with Crippen molar-refractivity contribution in [2.45, 2.75) is 18.0 Å². The molecule has 1 aromatic heterocycles. The molecule has 0 aromatic carbocycles. The number of aromatic nitrogens is 1. The van der Waals surface area contributed by atoms with Gasteiger partial charge in [-0.25, -0.2) is 9.98 Å². The molecular weight excluding hydrogens is 386 g/mol. The van der Waals surface area contributed by atoms with E-state index >= 15 is 0 Å². The zero-order valence-electron chi connectivity index (χ0n) is 12.4. The highest BCUT2D eigenvalue weighted by molar-refractivity contribution is 7.99. The molecule has 0 atom stereocenters. The first-order valence-electron chi connectivity index (χ1n) is 6.39. The van der Waals surface area contributed by atoms with Crippen molar-refractivity contribution in [2.24, 2.45) is 22.2 Å². The van der Waals surface area contributed by atoms with Crippen molar-refractivity contribution in [2.75, 3.05) is 5.75 Å². The van der Waals surface area contributed by atoms with Crippen molar-refractivity contribution in [3.8, 4) is 0 Å². The van der Waals surface area contributed by atoms with E-state index in [-0.39, 0.29) is 21.8 Å². The summed E-state index contributed by atoms with van der Waals surface area (Å²) < 4.78 is 37.2. The van der Waals surface area contributed by atoms with Crippen molar-refractivity contribution in [3.05, 3.63) is 40.5 Å². The van der Waals surface area contributed by atoms with Crippen LogP contribution in [0, 0.1) is 0 Å². The van der Waals surface area contributed by atoms with Crippen LogP contribution >= 0.6 is 35.0 Å². The van der Waals surface area contributed by atoms with E-state index in [0.717, 1.165) is 5.75 Å². The van der Waals surface area contributed by atoms with Gasteiger partial charge in [-0.05, 0) is 24.0 Å². The number of thioether (sulfide) groups is 1. The van der Waals surface area contributed by atoms with E-state index < -0.39 is 17.6 Å². The Morgan fingerprint density at radius 3 is 2.50 bits per heavy atom. The molecule has 1 aromatic rings. The Morgan fingerprint density at radius 1 is 1.33 bits per heavy atom. The highest BCUT2D eigenvalue weighted by Gasteiger charge is 2.31. The van der Waals surface area contributed by atoms with Crippen molar-refractivity contribution in [1.82, 2.24) is 4.98 Å². The zero-order chi connectivity index (χ0) is 18.5. The van der Waals surface area contributed by atoms with Gasteiger partial charge in [-0.3, -0.25) is 0 Å². The maximum Gasteiger partial charge on any atom is 0.430 e. The summed E-state index contributed by atoms with van der Waals surface area (Å²) in [4.78, 5) is 8.67. The molecule has 132 valence electrons. The van der Waals surface area contributed by atoms with E-state index in [1.54, 1.807) is 12.1 Å². The van der Waals surface area contributed by atoms with Gasteiger partial charge in [-0.15, -0.1) is 11.8 Å². The summed E-state index contributed by atoms with van der Waals surface area (Å²) in [7, 11) is 0. The summed E-state index contributed by atoms with van der Waals surface area (Å²) in [5, 5.41) is -0.151. The van der Waals surface area contributed by atoms with Crippen molar-refractivity contribution < 1.29 is 13.2 Å². The molecule has 0 radical (unpaired) electrons. The highest BCUT2D eigenvalue weighted by Crippen LogP contribution is 2.30. The fraction of sp³-hybridized carbons (Fsp3) is 0.231. The number of rotatable bonds is 5. The molecule has 0 spiro atoms.